The Morgan fingerprint density at radius 1 is 1.22 bits per heavy atom. The lowest BCUT2D eigenvalue weighted by Gasteiger charge is -2.29. The van der Waals surface area contributed by atoms with Gasteiger partial charge in [-0.15, -0.1) is 11.3 Å². The molecule has 1 saturated heterocycles. The summed E-state index contributed by atoms with van der Waals surface area (Å²) in [4.78, 5) is 29.1. The number of rotatable bonds is 5. The summed E-state index contributed by atoms with van der Waals surface area (Å²) in [5.74, 6) is -1.98. The van der Waals surface area contributed by atoms with E-state index >= 15 is 0 Å². The van der Waals surface area contributed by atoms with E-state index in [1.54, 1.807) is 29.6 Å². The van der Waals surface area contributed by atoms with E-state index in [1.165, 1.54) is 22.0 Å². The van der Waals surface area contributed by atoms with Crippen LogP contribution < -0.4 is 4.80 Å². The van der Waals surface area contributed by atoms with Crippen LogP contribution in [0.15, 0.2) is 44.9 Å². The van der Waals surface area contributed by atoms with Gasteiger partial charge in [-0.2, -0.15) is 9.30 Å². The summed E-state index contributed by atoms with van der Waals surface area (Å²) >= 11 is 2.27. The number of esters is 1. The van der Waals surface area contributed by atoms with Crippen LogP contribution >= 0.6 is 22.7 Å². The molecule has 0 atom stereocenters. The molecule has 3 heterocycles. The SMILES string of the molecule is COC(=O)Cn1c(=NC(=O)C2CCN(S(=O)(=O)c3cccs3)CC2)sc2cccc(F)c21. The third-order valence-electron chi connectivity index (χ3n) is 5.26. The predicted octanol–water partition coefficient (Wildman–Crippen LogP) is 2.60. The van der Waals surface area contributed by atoms with Gasteiger partial charge in [0.05, 0.1) is 17.3 Å². The highest BCUT2D eigenvalue weighted by Crippen LogP contribution is 2.27. The number of hydrogen-bond acceptors (Lipinski definition) is 7. The van der Waals surface area contributed by atoms with E-state index < -0.39 is 33.6 Å². The number of carbonyl (C=O) groups is 2. The number of piperidine rings is 1. The smallest absolute Gasteiger partial charge is 0.325 e. The van der Waals surface area contributed by atoms with E-state index in [-0.39, 0.29) is 34.2 Å². The van der Waals surface area contributed by atoms with Gasteiger partial charge in [0, 0.05) is 19.0 Å². The molecule has 1 aliphatic heterocycles. The summed E-state index contributed by atoms with van der Waals surface area (Å²) in [5.41, 5.74) is 0.186. The van der Waals surface area contributed by atoms with Crippen molar-refractivity contribution in [2.45, 2.75) is 23.6 Å². The number of carbonyl (C=O) groups excluding carboxylic acids is 2. The molecule has 0 saturated carbocycles. The summed E-state index contributed by atoms with van der Waals surface area (Å²) in [7, 11) is -2.33. The van der Waals surface area contributed by atoms with Crippen molar-refractivity contribution in [1.29, 1.82) is 0 Å². The maximum atomic E-state index is 14.4. The van der Waals surface area contributed by atoms with Crippen LogP contribution in [0.3, 0.4) is 0 Å². The number of thiazole rings is 1. The summed E-state index contributed by atoms with van der Waals surface area (Å²) in [6.45, 7) is 0.159. The average Bonchev–Trinajstić information content (AvgIpc) is 3.44. The molecule has 0 bridgehead atoms. The van der Waals surface area contributed by atoms with Gasteiger partial charge in [-0.3, -0.25) is 9.59 Å². The molecular weight excluding hydrogens is 477 g/mol. The van der Waals surface area contributed by atoms with Crippen molar-refractivity contribution >= 4 is 54.8 Å². The Balaban J connectivity index is 1.57. The minimum Gasteiger partial charge on any atom is -0.468 e. The van der Waals surface area contributed by atoms with Gasteiger partial charge in [0.2, 0.25) is 0 Å². The van der Waals surface area contributed by atoms with Gasteiger partial charge in [-0.25, -0.2) is 12.8 Å². The van der Waals surface area contributed by atoms with Crippen molar-refractivity contribution in [3.05, 3.63) is 46.3 Å². The van der Waals surface area contributed by atoms with E-state index in [4.69, 9.17) is 4.74 Å². The number of sulfonamides is 1. The van der Waals surface area contributed by atoms with Gasteiger partial charge in [-0.1, -0.05) is 23.5 Å². The standard InChI is InChI=1S/C20H20FN3O5S3/c1-29-16(25)12-24-18-14(21)4-2-5-15(18)31-20(24)22-19(26)13-7-9-23(10-8-13)32(27,28)17-6-3-11-30-17/h2-6,11,13H,7-10,12H2,1H3. The molecule has 32 heavy (non-hydrogen) atoms. The topological polar surface area (TPSA) is 98.0 Å². The van der Waals surface area contributed by atoms with Crippen LogP contribution in [0.4, 0.5) is 4.39 Å². The number of ether oxygens (including phenoxy) is 1. The number of halogens is 1. The Labute approximate surface area is 191 Å². The molecule has 3 aromatic rings. The van der Waals surface area contributed by atoms with Crippen molar-refractivity contribution < 1.29 is 27.1 Å². The number of thiophene rings is 1. The molecule has 1 aliphatic rings. The van der Waals surface area contributed by atoms with Crippen molar-refractivity contribution in [1.82, 2.24) is 8.87 Å². The number of aromatic nitrogens is 1. The Kier molecular flexibility index (Phi) is 6.56. The number of fused-ring (bicyclic) bond motifs is 1. The third-order valence-corrected chi connectivity index (χ3v) is 9.58. The number of hydrogen-bond donors (Lipinski definition) is 0. The first-order valence-electron chi connectivity index (χ1n) is 9.78. The molecule has 0 spiro atoms. The molecule has 1 aromatic carbocycles. The first-order valence-corrected chi connectivity index (χ1v) is 12.9. The lowest BCUT2D eigenvalue weighted by atomic mass is 9.98. The van der Waals surface area contributed by atoms with Crippen LogP contribution in [0.5, 0.6) is 0 Å². The maximum absolute atomic E-state index is 14.4. The summed E-state index contributed by atoms with van der Waals surface area (Å²) in [6.07, 6.45) is 0.673. The van der Waals surface area contributed by atoms with Gasteiger partial charge < -0.3 is 9.30 Å². The van der Waals surface area contributed by atoms with E-state index in [2.05, 4.69) is 4.99 Å². The summed E-state index contributed by atoms with van der Waals surface area (Å²) in [6, 6.07) is 7.76. The minimum atomic E-state index is -3.56. The molecular formula is C20H20FN3O5S3. The van der Waals surface area contributed by atoms with Crippen LogP contribution in [0.25, 0.3) is 10.2 Å². The zero-order valence-corrected chi connectivity index (χ0v) is 19.5. The zero-order chi connectivity index (χ0) is 22.9. The van der Waals surface area contributed by atoms with Crippen LogP contribution in [0.2, 0.25) is 0 Å². The Hall–Kier alpha value is -2.41. The molecule has 2 aromatic heterocycles. The van der Waals surface area contributed by atoms with Gasteiger partial charge in [0.1, 0.15) is 16.6 Å². The number of nitrogens with zero attached hydrogens (tertiary/aromatic N) is 3. The van der Waals surface area contributed by atoms with Crippen molar-refractivity contribution in [3.63, 3.8) is 0 Å². The Morgan fingerprint density at radius 3 is 2.62 bits per heavy atom. The fourth-order valence-electron chi connectivity index (χ4n) is 3.58. The fourth-order valence-corrected chi connectivity index (χ4v) is 7.24. The van der Waals surface area contributed by atoms with Crippen LogP contribution in [-0.2, 0) is 30.9 Å². The normalized spacial score (nSPS) is 16.5. The molecule has 1 fully saturated rings. The molecule has 12 heteroatoms. The second-order valence-corrected chi connectivity index (χ2v) is 11.3. The molecule has 170 valence electrons. The highest BCUT2D eigenvalue weighted by atomic mass is 32.2. The second kappa shape index (κ2) is 9.22. The predicted molar refractivity (Wildman–Crippen MR) is 118 cm³/mol. The van der Waals surface area contributed by atoms with Crippen molar-refractivity contribution in [2.24, 2.45) is 10.9 Å². The van der Waals surface area contributed by atoms with Crippen LogP contribution in [0, 0.1) is 11.7 Å². The lowest BCUT2D eigenvalue weighted by molar-refractivity contribution is -0.141. The highest BCUT2D eigenvalue weighted by Gasteiger charge is 2.32. The number of para-hydroxylation sites is 1. The van der Waals surface area contributed by atoms with Gasteiger partial charge in [-0.05, 0) is 36.4 Å². The molecule has 0 radical (unpaired) electrons. The quantitative estimate of drug-likeness (QED) is 0.505. The second-order valence-electron chi connectivity index (χ2n) is 7.19. The van der Waals surface area contributed by atoms with Crippen molar-refractivity contribution in [2.75, 3.05) is 20.2 Å². The van der Waals surface area contributed by atoms with E-state index in [1.807, 2.05) is 0 Å². The molecule has 0 N–H and O–H groups in total. The molecule has 1 amide bonds. The van der Waals surface area contributed by atoms with E-state index in [0.29, 0.717) is 17.5 Å². The Morgan fingerprint density at radius 2 is 1.97 bits per heavy atom. The van der Waals surface area contributed by atoms with Crippen molar-refractivity contribution in [3.8, 4) is 0 Å². The zero-order valence-electron chi connectivity index (χ0n) is 17.1. The van der Waals surface area contributed by atoms with E-state index in [9.17, 15) is 22.4 Å². The van der Waals surface area contributed by atoms with Gasteiger partial charge in [0.15, 0.2) is 4.80 Å². The number of methoxy groups -OCH3 is 1. The van der Waals surface area contributed by atoms with E-state index in [0.717, 1.165) is 22.7 Å². The maximum Gasteiger partial charge on any atom is 0.325 e. The van der Waals surface area contributed by atoms with Gasteiger partial charge >= 0.3 is 5.97 Å². The van der Waals surface area contributed by atoms with Gasteiger partial charge in [0.25, 0.3) is 15.9 Å². The first-order chi connectivity index (χ1) is 15.3. The first kappa shape index (κ1) is 22.8. The number of benzene rings is 1. The molecule has 0 aliphatic carbocycles. The largest absolute Gasteiger partial charge is 0.468 e. The number of amides is 1. The minimum absolute atomic E-state index is 0.186. The van der Waals surface area contributed by atoms with Crippen LogP contribution in [-0.4, -0.2) is 49.4 Å². The average molecular weight is 498 g/mol. The third kappa shape index (κ3) is 4.40. The summed E-state index contributed by atoms with van der Waals surface area (Å²) in [5, 5.41) is 1.71. The Bertz CT molecular complexity index is 1320. The lowest BCUT2D eigenvalue weighted by Crippen LogP contribution is -2.40. The summed E-state index contributed by atoms with van der Waals surface area (Å²) < 4.78 is 48.0. The monoisotopic (exact) mass is 497 g/mol. The molecule has 4 rings (SSSR count). The highest BCUT2D eigenvalue weighted by molar-refractivity contribution is 7.91. The van der Waals surface area contributed by atoms with Crippen LogP contribution in [0.1, 0.15) is 12.8 Å². The molecule has 8 nitrogen and oxygen atoms in total. The fraction of sp³-hybridized carbons (Fsp3) is 0.350. The molecule has 0 unspecified atom stereocenters.